The van der Waals surface area contributed by atoms with Crippen molar-refractivity contribution in [2.24, 2.45) is 40.4 Å². The third-order valence-electron chi connectivity index (χ3n) is 9.00. The van der Waals surface area contributed by atoms with Gasteiger partial charge in [-0.25, -0.2) is 0 Å². The lowest BCUT2D eigenvalue weighted by molar-refractivity contribution is -0.115. The van der Waals surface area contributed by atoms with E-state index >= 15 is 0 Å². The lowest BCUT2D eigenvalue weighted by Crippen LogP contribution is -2.50. The highest BCUT2D eigenvalue weighted by Crippen LogP contribution is 2.66. The molecule has 24 heavy (non-hydrogen) atoms. The first-order valence-corrected chi connectivity index (χ1v) is 10.2. The Balaban J connectivity index is 1.64. The Morgan fingerprint density at radius 1 is 1.17 bits per heavy atom. The molecular weight excluding hydrogens is 296 g/mol. The maximum Gasteiger partial charge on any atom is 0.123 e. The summed E-state index contributed by atoms with van der Waals surface area (Å²) in [7, 11) is 0. The second-order valence-electron chi connectivity index (χ2n) is 9.88. The van der Waals surface area contributed by atoms with Crippen LogP contribution < -0.4 is 0 Å². The quantitative estimate of drug-likeness (QED) is 0.585. The molecule has 2 heteroatoms. The number of hydrogen-bond donors (Lipinski definition) is 1. The van der Waals surface area contributed by atoms with Gasteiger partial charge in [0.25, 0.3) is 0 Å². The van der Waals surface area contributed by atoms with E-state index in [0.717, 1.165) is 30.6 Å². The van der Waals surface area contributed by atoms with Gasteiger partial charge < -0.3 is 9.90 Å². The minimum absolute atomic E-state index is 0.112. The molecule has 3 saturated carbocycles. The first-order chi connectivity index (χ1) is 11.4. The summed E-state index contributed by atoms with van der Waals surface area (Å²) < 4.78 is 0. The summed E-state index contributed by atoms with van der Waals surface area (Å²) >= 11 is 0. The molecule has 0 bridgehead atoms. The third kappa shape index (κ3) is 2.21. The highest BCUT2D eigenvalue weighted by molar-refractivity contribution is 5.53. The minimum atomic E-state index is -0.112. The monoisotopic (exact) mass is 330 g/mol. The maximum absolute atomic E-state index is 11.4. The molecule has 0 amide bonds. The average Bonchev–Trinajstić information content (AvgIpc) is 2.92. The molecule has 1 N–H and O–H groups in total. The molecule has 8 unspecified atom stereocenters. The van der Waals surface area contributed by atoms with Crippen LogP contribution in [0.2, 0.25) is 0 Å². The fraction of sp³-hybridized carbons (Fsp3) is 0.864. The number of hydrogen-bond acceptors (Lipinski definition) is 2. The summed E-state index contributed by atoms with van der Waals surface area (Å²) in [5.41, 5.74) is 2.26. The van der Waals surface area contributed by atoms with Gasteiger partial charge in [-0.05, 0) is 85.9 Å². The molecule has 4 rings (SSSR count). The molecule has 8 atom stereocenters. The van der Waals surface area contributed by atoms with Crippen LogP contribution in [-0.2, 0) is 4.79 Å². The molecule has 0 aromatic heterocycles. The van der Waals surface area contributed by atoms with Crippen LogP contribution in [0.3, 0.4) is 0 Å². The summed E-state index contributed by atoms with van der Waals surface area (Å²) in [6.45, 7) is 7.13. The summed E-state index contributed by atoms with van der Waals surface area (Å²) in [5.74, 6) is 3.20. The molecule has 0 radical (unpaired) electrons. The lowest BCUT2D eigenvalue weighted by atomic mass is 9.47. The minimum Gasteiger partial charge on any atom is -0.393 e. The largest absolute Gasteiger partial charge is 0.393 e. The fourth-order valence-electron chi connectivity index (χ4n) is 7.64. The van der Waals surface area contributed by atoms with Crippen molar-refractivity contribution in [3.63, 3.8) is 0 Å². The van der Waals surface area contributed by atoms with Crippen molar-refractivity contribution in [1.29, 1.82) is 0 Å². The van der Waals surface area contributed by atoms with E-state index in [-0.39, 0.29) is 12.0 Å². The molecule has 0 saturated heterocycles. The van der Waals surface area contributed by atoms with E-state index in [1.54, 1.807) is 5.57 Å². The van der Waals surface area contributed by atoms with Crippen molar-refractivity contribution in [3.8, 4) is 0 Å². The van der Waals surface area contributed by atoms with Gasteiger partial charge in [0.2, 0.25) is 0 Å². The van der Waals surface area contributed by atoms with Crippen LogP contribution in [0.5, 0.6) is 0 Å². The summed E-state index contributed by atoms with van der Waals surface area (Å²) in [5, 5.41) is 10.1. The average molecular weight is 331 g/mol. The van der Waals surface area contributed by atoms with Gasteiger partial charge in [-0.3, -0.25) is 0 Å². The van der Waals surface area contributed by atoms with Crippen molar-refractivity contribution < 1.29 is 9.90 Å². The Labute approximate surface area is 147 Å². The number of carbonyl (C=O) groups excluding carboxylic acids is 1. The Bertz CT molecular complexity index is 552. The first-order valence-electron chi connectivity index (χ1n) is 10.2. The van der Waals surface area contributed by atoms with Crippen molar-refractivity contribution in [2.75, 3.05) is 0 Å². The van der Waals surface area contributed by atoms with Gasteiger partial charge in [0, 0.05) is 5.92 Å². The van der Waals surface area contributed by atoms with E-state index in [1.165, 1.54) is 44.8 Å². The molecule has 0 aliphatic heterocycles. The molecule has 2 nitrogen and oxygen atoms in total. The van der Waals surface area contributed by atoms with Gasteiger partial charge in [0.15, 0.2) is 0 Å². The van der Waals surface area contributed by atoms with E-state index in [2.05, 4.69) is 26.8 Å². The van der Waals surface area contributed by atoms with Crippen LogP contribution in [-0.4, -0.2) is 17.5 Å². The second-order valence-corrected chi connectivity index (χ2v) is 9.88. The number of carbonyl (C=O) groups is 1. The topological polar surface area (TPSA) is 37.3 Å². The van der Waals surface area contributed by atoms with Crippen molar-refractivity contribution in [2.45, 2.75) is 78.2 Å². The van der Waals surface area contributed by atoms with Crippen LogP contribution in [0.25, 0.3) is 0 Å². The van der Waals surface area contributed by atoms with Crippen LogP contribution in [0.4, 0.5) is 0 Å². The number of allylic oxidation sites excluding steroid dienone is 1. The summed E-state index contributed by atoms with van der Waals surface area (Å²) in [6.07, 6.45) is 13.0. The predicted molar refractivity (Wildman–Crippen MR) is 96.4 cm³/mol. The Morgan fingerprint density at radius 2 is 1.96 bits per heavy atom. The molecule has 3 fully saturated rings. The van der Waals surface area contributed by atoms with Crippen molar-refractivity contribution in [3.05, 3.63) is 11.6 Å². The van der Waals surface area contributed by atoms with Crippen LogP contribution >= 0.6 is 0 Å². The smallest absolute Gasteiger partial charge is 0.123 e. The lowest BCUT2D eigenvalue weighted by Gasteiger charge is -2.58. The molecule has 4 aliphatic rings. The molecule has 134 valence electrons. The van der Waals surface area contributed by atoms with E-state index in [1.807, 2.05) is 0 Å². The number of aliphatic hydroxyl groups is 1. The molecular formula is C22H34O2. The molecule has 4 aliphatic carbocycles. The maximum atomic E-state index is 11.4. The van der Waals surface area contributed by atoms with Gasteiger partial charge in [-0.2, -0.15) is 0 Å². The predicted octanol–water partition coefficient (Wildman–Crippen LogP) is 4.76. The van der Waals surface area contributed by atoms with Gasteiger partial charge in [-0.15, -0.1) is 0 Å². The van der Waals surface area contributed by atoms with Gasteiger partial charge in [-0.1, -0.05) is 32.4 Å². The van der Waals surface area contributed by atoms with E-state index in [4.69, 9.17) is 0 Å². The number of rotatable bonds is 2. The second kappa shape index (κ2) is 5.69. The zero-order chi connectivity index (χ0) is 17.1. The standard InChI is InChI=1S/C22H34O2/c1-14(13-23)18-6-7-19-17-5-4-15-12-16(24)8-10-21(15,2)20(17)9-11-22(18,19)3/h4,13-14,16-20,24H,5-12H2,1-3H3. The molecule has 0 spiro atoms. The number of aldehydes is 1. The Hall–Kier alpha value is -0.630. The zero-order valence-electron chi connectivity index (χ0n) is 15.6. The van der Waals surface area contributed by atoms with Crippen LogP contribution in [0.15, 0.2) is 11.6 Å². The van der Waals surface area contributed by atoms with E-state index in [0.29, 0.717) is 16.7 Å². The van der Waals surface area contributed by atoms with Gasteiger partial charge in [0.05, 0.1) is 6.10 Å². The van der Waals surface area contributed by atoms with Crippen molar-refractivity contribution in [1.82, 2.24) is 0 Å². The van der Waals surface area contributed by atoms with Crippen LogP contribution in [0.1, 0.15) is 72.1 Å². The summed E-state index contributed by atoms with van der Waals surface area (Å²) in [4.78, 5) is 11.4. The Morgan fingerprint density at radius 3 is 2.71 bits per heavy atom. The highest BCUT2D eigenvalue weighted by atomic mass is 16.3. The van der Waals surface area contributed by atoms with Crippen LogP contribution in [0, 0.1) is 40.4 Å². The normalized spacial score (nSPS) is 51.8. The van der Waals surface area contributed by atoms with E-state index < -0.39 is 0 Å². The fourth-order valence-corrected chi connectivity index (χ4v) is 7.64. The third-order valence-corrected chi connectivity index (χ3v) is 9.00. The molecule has 0 aromatic carbocycles. The number of fused-ring (bicyclic) bond motifs is 5. The Kier molecular flexibility index (Phi) is 3.99. The highest BCUT2D eigenvalue weighted by Gasteiger charge is 2.59. The van der Waals surface area contributed by atoms with Gasteiger partial charge in [0.1, 0.15) is 6.29 Å². The molecule has 0 aromatic rings. The summed E-state index contributed by atoms with van der Waals surface area (Å²) in [6, 6.07) is 0. The SMILES string of the molecule is CC(C=O)C1CCC2C3CC=C4CC(O)CCC4(C)C3CCC12C. The van der Waals surface area contributed by atoms with Crippen molar-refractivity contribution >= 4 is 6.29 Å². The number of aliphatic hydroxyl groups excluding tert-OH is 1. The zero-order valence-corrected chi connectivity index (χ0v) is 15.6. The van der Waals surface area contributed by atoms with Gasteiger partial charge >= 0.3 is 0 Å². The molecule has 0 heterocycles. The van der Waals surface area contributed by atoms with E-state index in [9.17, 15) is 9.90 Å². The first kappa shape index (κ1) is 16.8.